The molecule has 0 spiro atoms. The van der Waals surface area contributed by atoms with Gasteiger partial charge in [-0.25, -0.2) is 4.79 Å². The summed E-state index contributed by atoms with van der Waals surface area (Å²) in [5.41, 5.74) is 4.65. The lowest BCUT2D eigenvalue weighted by Crippen LogP contribution is -2.29. The van der Waals surface area contributed by atoms with E-state index in [2.05, 4.69) is 29.6 Å². The van der Waals surface area contributed by atoms with Crippen LogP contribution in [-0.4, -0.2) is 41.4 Å². The molecule has 7 heteroatoms. The molecule has 0 atom stereocenters. The van der Waals surface area contributed by atoms with Crippen LogP contribution >= 0.6 is 0 Å². The summed E-state index contributed by atoms with van der Waals surface area (Å²) >= 11 is 0. The Bertz CT molecular complexity index is 827. The number of carbonyl (C=O) groups excluding carboxylic acids is 2. The third-order valence-electron chi connectivity index (χ3n) is 4.77. The smallest absolute Gasteiger partial charge is 0.321 e. The predicted octanol–water partition coefficient (Wildman–Crippen LogP) is 2.02. The molecule has 26 heavy (non-hydrogen) atoms. The summed E-state index contributed by atoms with van der Waals surface area (Å²) in [6, 6.07) is 7.04. The summed E-state index contributed by atoms with van der Waals surface area (Å²) in [5, 5.41) is 10.2. The van der Waals surface area contributed by atoms with Crippen molar-refractivity contribution < 1.29 is 9.59 Å². The minimum absolute atomic E-state index is 0.124. The molecule has 3 rings (SSSR count). The fraction of sp³-hybridized carbons (Fsp3) is 0.421. The predicted molar refractivity (Wildman–Crippen MR) is 101 cm³/mol. The summed E-state index contributed by atoms with van der Waals surface area (Å²) in [7, 11) is 0. The first-order chi connectivity index (χ1) is 12.5. The number of hydrogen-bond acceptors (Lipinski definition) is 3. The molecule has 1 aliphatic heterocycles. The molecule has 1 aromatic heterocycles. The molecule has 138 valence electrons. The topological polar surface area (TPSA) is 79.3 Å². The Labute approximate surface area is 153 Å². The zero-order valence-electron chi connectivity index (χ0n) is 15.5. The molecule has 1 aliphatic rings. The number of benzene rings is 1. The van der Waals surface area contributed by atoms with Crippen LogP contribution in [-0.2, 0) is 13.0 Å². The summed E-state index contributed by atoms with van der Waals surface area (Å²) in [5.74, 6) is -0.135. The summed E-state index contributed by atoms with van der Waals surface area (Å²) in [6.45, 7) is 8.76. The molecule has 1 saturated heterocycles. The lowest BCUT2D eigenvalue weighted by atomic mass is 10.1. The van der Waals surface area contributed by atoms with Crippen LogP contribution in [0.4, 0.5) is 10.5 Å². The maximum Gasteiger partial charge on any atom is 0.321 e. The summed E-state index contributed by atoms with van der Waals surface area (Å²) in [4.78, 5) is 25.9. The summed E-state index contributed by atoms with van der Waals surface area (Å²) in [6.07, 6.45) is 0.748. The van der Waals surface area contributed by atoms with Crippen LogP contribution < -0.4 is 15.5 Å². The third-order valence-corrected chi connectivity index (χ3v) is 4.77. The Balaban J connectivity index is 1.62. The van der Waals surface area contributed by atoms with Crippen molar-refractivity contribution in [1.29, 1.82) is 0 Å². The number of carbonyl (C=O) groups is 2. The van der Waals surface area contributed by atoms with Crippen LogP contribution in [0.1, 0.15) is 34.2 Å². The molecule has 0 saturated carbocycles. The number of hydrogen-bond donors (Lipinski definition) is 2. The molecule has 2 heterocycles. The number of aromatic nitrogens is 2. The Morgan fingerprint density at radius 3 is 2.81 bits per heavy atom. The van der Waals surface area contributed by atoms with Crippen molar-refractivity contribution in [2.24, 2.45) is 0 Å². The van der Waals surface area contributed by atoms with Crippen LogP contribution in [0.3, 0.4) is 0 Å². The second-order valence-corrected chi connectivity index (χ2v) is 6.40. The number of rotatable bonds is 6. The van der Waals surface area contributed by atoms with Crippen molar-refractivity contribution in [2.75, 3.05) is 24.5 Å². The monoisotopic (exact) mass is 355 g/mol. The van der Waals surface area contributed by atoms with Crippen molar-refractivity contribution in [1.82, 2.24) is 20.4 Å². The Kier molecular flexibility index (Phi) is 5.25. The number of nitrogens with one attached hydrogen (secondary N) is 2. The van der Waals surface area contributed by atoms with E-state index >= 15 is 0 Å². The van der Waals surface area contributed by atoms with Gasteiger partial charge in [-0.15, -0.1) is 0 Å². The van der Waals surface area contributed by atoms with E-state index in [9.17, 15) is 9.59 Å². The lowest BCUT2D eigenvalue weighted by molar-refractivity contribution is 0.0954. The maximum atomic E-state index is 12.5. The fourth-order valence-electron chi connectivity index (χ4n) is 3.34. The van der Waals surface area contributed by atoms with Crippen LogP contribution in [0.25, 0.3) is 0 Å². The minimum atomic E-state index is -0.135. The zero-order valence-corrected chi connectivity index (χ0v) is 15.5. The Hall–Kier alpha value is -2.83. The van der Waals surface area contributed by atoms with Crippen molar-refractivity contribution in [3.05, 3.63) is 46.8 Å². The van der Waals surface area contributed by atoms with Crippen LogP contribution in [0.5, 0.6) is 0 Å². The van der Waals surface area contributed by atoms with Crippen molar-refractivity contribution in [2.45, 2.75) is 33.7 Å². The SMILES string of the molecule is CCn1nc(C)c(CCNC(=O)c2cccc(N3CCNC3=O)c2)c1C. The lowest BCUT2D eigenvalue weighted by Gasteiger charge is -2.15. The largest absolute Gasteiger partial charge is 0.352 e. The molecule has 0 radical (unpaired) electrons. The van der Waals surface area contributed by atoms with E-state index in [1.807, 2.05) is 17.7 Å². The third kappa shape index (κ3) is 3.56. The highest BCUT2D eigenvalue weighted by Gasteiger charge is 2.21. The van der Waals surface area contributed by atoms with E-state index in [0.717, 1.165) is 30.0 Å². The van der Waals surface area contributed by atoms with E-state index in [0.29, 0.717) is 25.2 Å². The van der Waals surface area contributed by atoms with Crippen molar-refractivity contribution in [3.63, 3.8) is 0 Å². The highest BCUT2D eigenvalue weighted by Crippen LogP contribution is 2.18. The minimum Gasteiger partial charge on any atom is -0.352 e. The second kappa shape index (κ2) is 7.59. The number of amides is 3. The number of nitrogens with zero attached hydrogens (tertiary/aromatic N) is 3. The molecule has 0 aliphatic carbocycles. The van der Waals surface area contributed by atoms with Gasteiger partial charge >= 0.3 is 6.03 Å². The Morgan fingerprint density at radius 2 is 2.15 bits per heavy atom. The number of anilines is 1. The molecule has 2 N–H and O–H groups in total. The van der Waals surface area contributed by atoms with Crippen LogP contribution in [0.15, 0.2) is 24.3 Å². The first kappa shape index (κ1) is 18.0. The van der Waals surface area contributed by atoms with E-state index in [1.54, 1.807) is 23.1 Å². The van der Waals surface area contributed by atoms with Gasteiger partial charge in [-0.3, -0.25) is 14.4 Å². The van der Waals surface area contributed by atoms with Crippen molar-refractivity contribution >= 4 is 17.6 Å². The van der Waals surface area contributed by atoms with Gasteiger partial charge in [-0.1, -0.05) is 6.07 Å². The molecule has 3 amide bonds. The average molecular weight is 355 g/mol. The van der Waals surface area contributed by atoms with Crippen LogP contribution in [0, 0.1) is 13.8 Å². The van der Waals surface area contributed by atoms with E-state index in [1.165, 1.54) is 5.56 Å². The van der Waals surface area contributed by atoms with Gasteiger partial charge in [0, 0.05) is 43.1 Å². The standard InChI is InChI=1S/C19H25N5O2/c1-4-24-14(3)17(13(2)22-24)8-9-20-18(25)15-6-5-7-16(12-15)23-11-10-21-19(23)26/h5-7,12H,4,8-11H2,1-3H3,(H,20,25)(H,21,26). The summed E-state index contributed by atoms with van der Waals surface area (Å²) < 4.78 is 1.98. The van der Waals surface area contributed by atoms with Gasteiger partial charge in [-0.05, 0) is 51.0 Å². The highest BCUT2D eigenvalue weighted by atomic mass is 16.2. The van der Waals surface area contributed by atoms with Gasteiger partial charge in [0.05, 0.1) is 5.69 Å². The number of urea groups is 1. The molecule has 2 aromatic rings. The molecular formula is C19H25N5O2. The quantitative estimate of drug-likeness (QED) is 0.832. The Morgan fingerprint density at radius 1 is 1.35 bits per heavy atom. The fourth-order valence-corrected chi connectivity index (χ4v) is 3.34. The van der Waals surface area contributed by atoms with E-state index < -0.39 is 0 Å². The number of aryl methyl sites for hydroxylation is 2. The van der Waals surface area contributed by atoms with Crippen LogP contribution in [0.2, 0.25) is 0 Å². The van der Waals surface area contributed by atoms with Gasteiger partial charge in [0.2, 0.25) is 0 Å². The molecule has 7 nitrogen and oxygen atoms in total. The molecular weight excluding hydrogens is 330 g/mol. The van der Waals surface area contributed by atoms with Gasteiger partial charge in [-0.2, -0.15) is 5.10 Å². The van der Waals surface area contributed by atoms with E-state index in [4.69, 9.17) is 0 Å². The van der Waals surface area contributed by atoms with E-state index in [-0.39, 0.29) is 11.9 Å². The average Bonchev–Trinajstić information content (AvgIpc) is 3.19. The molecule has 1 aromatic carbocycles. The van der Waals surface area contributed by atoms with Gasteiger partial charge in [0.1, 0.15) is 0 Å². The normalized spacial score (nSPS) is 13.8. The molecule has 0 bridgehead atoms. The first-order valence-corrected chi connectivity index (χ1v) is 8.97. The van der Waals surface area contributed by atoms with Gasteiger partial charge in [0.25, 0.3) is 5.91 Å². The molecule has 0 unspecified atom stereocenters. The maximum absolute atomic E-state index is 12.5. The van der Waals surface area contributed by atoms with Gasteiger partial charge < -0.3 is 10.6 Å². The zero-order chi connectivity index (χ0) is 18.7. The second-order valence-electron chi connectivity index (χ2n) is 6.40. The van der Waals surface area contributed by atoms with Crippen molar-refractivity contribution in [3.8, 4) is 0 Å². The first-order valence-electron chi connectivity index (χ1n) is 8.97. The highest BCUT2D eigenvalue weighted by molar-refractivity contribution is 5.98. The molecule has 1 fully saturated rings. The van der Waals surface area contributed by atoms with Gasteiger partial charge in [0.15, 0.2) is 0 Å².